The average molecular weight is 409 g/mol. The summed E-state index contributed by atoms with van der Waals surface area (Å²) >= 11 is 1.11. The van der Waals surface area contributed by atoms with E-state index in [1.165, 1.54) is 12.1 Å². The van der Waals surface area contributed by atoms with Crippen molar-refractivity contribution in [1.82, 2.24) is 5.32 Å². The Morgan fingerprint density at radius 1 is 1.28 bits per heavy atom. The van der Waals surface area contributed by atoms with Gasteiger partial charge in [-0.15, -0.1) is 0 Å². The summed E-state index contributed by atoms with van der Waals surface area (Å²) in [4.78, 5) is 24.6. The molecule has 3 rings (SSSR count). The van der Waals surface area contributed by atoms with Crippen LogP contribution in [0, 0.1) is 31.0 Å². The molecular weight excluding hydrogens is 389 g/mol. The molecule has 5 nitrogen and oxygen atoms in total. The zero-order valence-corrected chi connectivity index (χ0v) is 16.9. The van der Waals surface area contributed by atoms with Gasteiger partial charge in [-0.05, 0) is 48.7 Å². The van der Waals surface area contributed by atoms with Gasteiger partial charge >= 0.3 is 0 Å². The Balaban J connectivity index is 1.76. The van der Waals surface area contributed by atoms with Crippen molar-refractivity contribution in [3.63, 3.8) is 0 Å². The molecule has 29 heavy (non-hydrogen) atoms. The quantitative estimate of drug-likeness (QED) is 0.777. The van der Waals surface area contributed by atoms with Crippen LogP contribution in [0.4, 0.5) is 10.1 Å². The molecule has 2 aromatic rings. The number of amides is 2. The van der Waals surface area contributed by atoms with Gasteiger partial charge in [-0.25, -0.2) is 4.39 Å². The lowest BCUT2D eigenvalue weighted by Crippen LogP contribution is -2.31. The van der Waals surface area contributed by atoms with E-state index < -0.39 is 5.92 Å². The Hall–Kier alpha value is -3.11. The normalized spacial score (nSPS) is 16.2. The molecule has 2 amide bonds. The summed E-state index contributed by atoms with van der Waals surface area (Å²) in [5.74, 6) is -1.26. The number of anilines is 1. The largest absolute Gasteiger partial charge is 0.325 e. The maximum atomic E-state index is 13.2. The molecule has 0 radical (unpaired) electrons. The molecule has 0 spiro atoms. The summed E-state index contributed by atoms with van der Waals surface area (Å²) in [5.41, 5.74) is 3.87. The number of halogens is 1. The molecule has 1 atom stereocenters. The van der Waals surface area contributed by atoms with Crippen LogP contribution in [-0.2, 0) is 9.59 Å². The minimum absolute atomic E-state index is 0.0459. The lowest BCUT2D eigenvalue weighted by molar-refractivity contribution is -0.121. The van der Waals surface area contributed by atoms with E-state index in [9.17, 15) is 19.2 Å². The SMILES string of the molecule is Cc1cccc(NC(=O)CSC2=C(C#N)[C@H](c3ccc(F)cc3)CC(=O)N2)c1C. The zero-order chi connectivity index (χ0) is 21.0. The Labute approximate surface area is 173 Å². The van der Waals surface area contributed by atoms with Gasteiger partial charge in [-0.3, -0.25) is 9.59 Å². The van der Waals surface area contributed by atoms with E-state index in [1.54, 1.807) is 12.1 Å². The number of aryl methyl sites for hydroxylation is 1. The van der Waals surface area contributed by atoms with Crippen LogP contribution in [0.15, 0.2) is 53.1 Å². The molecule has 0 unspecified atom stereocenters. The first kappa shape index (κ1) is 20.6. The fraction of sp³-hybridized carbons (Fsp3) is 0.227. The first-order valence-corrected chi connectivity index (χ1v) is 10.1. The fourth-order valence-electron chi connectivity index (χ4n) is 3.12. The maximum Gasteiger partial charge on any atom is 0.234 e. The van der Waals surface area contributed by atoms with Gasteiger partial charge in [0.2, 0.25) is 11.8 Å². The highest BCUT2D eigenvalue weighted by atomic mass is 32.2. The molecule has 0 saturated carbocycles. The lowest BCUT2D eigenvalue weighted by Gasteiger charge is -2.25. The molecular formula is C22H20FN3O2S. The highest BCUT2D eigenvalue weighted by Gasteiger charge is 2.29. The molecule has 148 valence electrons. The van der Waals surface area contributed by atoms with Crippen LogP contribution in [0.3, 0.4) is 0 Å². The number of nitriles is 1. The highest BCUT2D eigenvalue weighted by molar-refractivity contribution is 8.03. The van der Waals surface area contributed by atoms with Crippen molar-refractivity contribution in [1.29, 1.82) is 5.26 Å². The van der Waals surface area contributed by atoms with Crippen molar-refractivity contribution in [2.45, 2.75) is 26.2 Å². The molecule has 0 saturated heterocycles. The van der Waals surface area contributed by atoms with Gasteiger partial charge in [0.25, 0.3) is 0 Å². The van der Waals surface area contributed by atoms with Crippen LogP contribution < -0.4 is 10.6 Å². The predicted molar refractivity (Wildman–Crippen MR) is 112 cm³/mol. The van der Waals surface area contributed by atoms with E-state index in [2.05, 4.69) is 16.7 Å². The Morgan fingerprint density at radius 2 is 2.00 bits per heavy atom. The zero-order valence-electron chi connectivity index (χ0n) is 16.1. The topological polar surface area (TPSA) is 82.0 Å². The molecule has 0 aromatic heterocycles. The minimum atomic E-state index is -0.459. The number of benzene rings is 2. The van der Waals surface area contributed by atoms with Crippen molar-refractivity contribution < 1.29 is 14.0 Å². The third-order valence-corrected chi connectivity index (χ3v) is 5.87. The van der Waals surface area contributed by atoms with Crippen molar-refractivity contribution in [3.05, 3.63) is 75.6 Å². The average Bonchev–Trinajstić information content (AvgIpc) is 2.70. The predicted octanol–water partition coefficient (Wildman–Crippen LogP) is 4.15. The smallest absolute Gasteiger partial charge is 0.234 e. The number of allylic oxidation sites excluding steroid dienone is 1. The number of thioether (sulfide) groups is 1. The van der Waals surface area contributed by atoms with E-state index in [0.717, 1.165) is 28.6 Å². The number of nitrogens with zero attached hydrogens (tertiary/aromatic N) is 1. The van der Waals surface area contributed by atoms with Crippen LogP contribution in [0.2, 0.25) is 0 Å². The first-order chi connectivity index (χ1) is 13.9. The molecule has 2 N–H and O–H groups in total. The van der Waals surface area contributed by atoms with E-state index >= 15 is 0 Å². The van der Waals surface area contributed by atoms with Gasteiger partial charge in [0, 0.05) is 18.0 Å². The summed E-state index contributed by atoms with van der Waals surface area (Å²) in [6, 6.07) is 13.6. The lowest BCUT2D eigenvalue weighted by atomic mass is 9.87. The summed E-state index contributed by atoms with van der Waals surface area (Å²) in [6.07, 6.45) is 0.104. The molecule has 0 fully saturated rings. The van der Waals surface area contributed by atoms with Crippen LogP contribution in [0.5, 0.6) is 0 Å². The Morgan fingerprint density at radius 3 is 2.69 bits per heavy atom. The van der Waals surface area contributed by atoms with Gasteiger partial charge in [0.15, 0.2) is 0 Å². The van der Waals surface area contributed by atoms with Gasteiger partial charge < -0.3 is 10.6 Å². The van der Waals surface area contributed by atoms with Gasteiger partial charge in [-0.2, -0.15) is 5.26 Å². The van der Waals surface area contributed by atoms with Crippen molar-refractivity contribution >= 4 is 29.3 Å². The standard InChI is InChI=1S/C22H20FN3O2S/c1-13-4-3-5-19(14(13)2)25-21(28)12-29-22-18(11-24)17(10-20(27)26-22)15-6-8-16(23)9-7-15/h3-9,17H,10,12H2,1-2H3,(H,25,28)(H,26,27)/t17-/m0/s1. The number of carbonyl (C=O) groups excluding carboxylic acids is 2. The Kier molecular flexibility index (Phi) is 6.35. The fourth-order valence-corrected chi connectivity index (χ4v) is 4.00. The van der Waals surface area contributed by atoms with Crippen molar-refractivity contribution in [2.24, 2.45) is 0 Å². The van der Waals surface area contributed by atoms with Gasteiger partial charge in [0.05, 0.1) is 22.4 Å². The molecule has 7 heteroatoms. The molecule has 1 heterocycles. The molecule has 2 aromatic carbocycles. The van der Waals surface area contributed by atoms with Crippen LogP contribution in [0.1, 0.15) is 29.0 Å². The minimum Gasteiger partial charge on any atom is -0.325 e. The molecule has 1 aliphatic heterocycles. The number of rotatable bonds is 5. The number of hydrogen-bond donors (Lipinski definition) is 2. The van der Waals surface area contributed by atoms with Crippen molar-refractivity contribution in [3.8, 4) is 6.07 Å². The highest BCUT2D eigenvalue weighted by Crippen LogP contribution is 2.36. The molecule has 0 bridgehead atoms. The maximum absolute atomic E-state index is 13.2. The first-order valence-electron chi connectivity index (χ1n) is 9.07. The van der Waals surface area contributed by atoms with Crippen LogP contribution in [-0.4, -0.2) is 17.6 Å². The monoisotopic (exact) mass is 409 g/mol. The van der Waals surface area contributed by atoms with Crippen LogP contribution in [0.25, 0.3) is 0 Å². The van der Waals surface area contributed by atoms with E-state index in [4.69, 9.17) is 0 Å². The summed E-state index contributed by atoms with van der Waals surface area (Å²) in [7, 11) is 0. The number of hydrogen-bond acceptors (Lipinski definition) is 4. The summed E-state index contributed by atoms with van der Waals surface area (Å²) in [5, 5.41) is 15.6. The van der Waals surface area contributed by atoms with Gasteiger partial charge in [-0.1, -0.05) is 36.0 Å². The van der Waals surface area contributed by atoms with Gasteiger partial charge in [0.1, 0.15) is 5.82 Å². The summed E-state index contributed by atoms with van der Waals surface area (Å²) in [6.45, 7) is 3.90. The van der Waals surface area contributed by atoms with E-state index in [-0.39, 0.29) is 29.8 Å². The van der Waals surface area contributed by atoms with E-state index in [1.807, 2.05) is 32.0 Å². The van der Waals surface area contributed by atoms with E-state index in [0.29, 0.717) is 16.2 Å². The molecule has 0 aliphatic carbocycles. The number of nitrogens with one attached hydrogen (secondary N) is 2. The third-order valence-electron chi connectivity index (χ3n) is 4.85. The number of carbonyl (C=O) groups is 2. The third kappa shape index (κ3) is 4.84. The second-order valence-corrected chi connectivity index (χ2v) is 7.78. The second kappa shape index (κ2) is 8.93. The molecule has 1 aliphatic rings. The summed E-state index contributed by atoms with van der Waals surface area (Å²) < 4.78 is 13.2. The second-order valence-electron chi connectivity index (χ2n) is 6.80. The van der Waals surface area contributed by atoms with Crippen molar-refractivity contribution in [2.75, 3.05) is 11.1 Å². The van der Waals surface area contributed by atoms with Crippen LogP contribution >= 0.6 is 11.8 Å². The Bertz CT molecular complexity index is 1030.